The minimum Gasteiger partial charge on any atom is -0.393 e. The molecule has 4 rings (SSSR count). The predicted octanol–water partition coefficient (Wildman–Crippen LogP) is 4.24. The summed E-state index contributed by atoms with van der Waals surface area (Å²) in [7, 11) is 0. The van der Waals surface area contributed by atoms with Gasteiger partial charge >= 0.3 is 0 Å². The number of rotatable bonds is 0. The Morgan fingerprint density at radius 3 is 2.62 bits per heavy atom. The SMILES string of the molecule is C[C@]12CC[C@@H](O)CC1=CC[C@H]1[C@H]2CC[C@@]2(C)[C@@H]1CC[C@@]2(O)C#CCl. The normalized spacial score (nSPS) is 53.1. The van der Waals surface area contributed by atoms with Gasteiger partial charge in [0.25, 0.3) is 0 Å². The molecular weight excluding hydrogens is 320 g/mol. The molecule has 0 saturated heterocycles. The van der Waals surface area contributed by atoms with Crippen molar-refractivity contribution in [2.45, 2.75) is 76.9 Å². The molecule has 0 aliphatic heterocycles. The summed E-state index contributed by atoms with van der Waals surface area (Å²) in [6, 6.07) is 0. The summed E-state index contributed by atoms with van der Waals surface area (Å²) in [5, 5.41) is 23.7. The van der Waals surface area contributed by atoms with Crippen molar-refractivity contribution in [1.29, 1.82) is 0 Å². The third-order valence-corrected chi connectivity index (χ3v) is 8.58. The van der Waals surface area contributed by atoms with E-state index in [9.17, 15) is 10.2 Å². The molecule has 0 aromatic heterocycles. The fourth-order valence-corrected chi connectivity index (χ4v) is 7.10. The molecule has 132 valence electrons. The van der Waals surface area contributed by atoms with Gasteiger partial charge in [0.2, 0.25) is 0 Å². The molecule has 24 heavy (non-hydrogen) atoms. The van der Waals surface area contributed by atoms with Crippen molar-refractivity contribution in [2.75, 3.05) is 0 Å². The maximum Gasteiger partial charge on any atom is 0.132 e. The van der Waals surface area contributed by atoms with E-state index in [-0.39, 0.29) is 16.9 Å². The first kappa shape index (κ1) is 17.0. The number of fused-ring (bicyclic) bond motifs is 5. The standard InChI is InChI=1S/C21H29ClO2/c1-19-8-5-15(23)13-14(19)3-4-16-17(19)6-9-20(2)18(16)7-10-21(20,24)11-12-22/h3,15-18,23-24H,4-10,13H2,1-2H3/t15-,16+,17-,18-,19+,20+,21-/m1/s1. The van der Waals surface area contributed by atoms with Crippen molar-refractivity contribution >= 4 is 11.6 Å². The minimum atomic E-state index is -0.919. The van der Waals surface area contributed by atoms with Crippen molar-refractivity contribution in [1.82, 2.24) is 0 Å². The molecule has 3 fully saturated rings. The van der Waals surface area contributed by atoms with Crippen molar-refractivity contribution in [2.24, 2.45) is 28.6 Å². The van der Waals surface area contributed by atoms with Gasteiger partial charge in [-0.15, -0.1) is 0 Å². The van der Waals surface area contributed by atoms with Crippen LogP contribution in [0.5, 0.6) is 0 Å². The zero-order valence-corrected chi connectivity index (χ0v) is 15.6. The molecule has 4 aliphatic carbocycles. The largest absolute Gasteiger partial charge is 0.393 e. The van der Waals surface area contributed by atoms with E-state index >= 15 is 0 Å². The molecule has 0 aromatic rings. The first-order valence-corrected chi connectivity index (χ1v) is 9.95. The van der Waals surface area contributed by atoms with Gasteiger partial charge in [-0.1, -0.05) is 31.4 Å². The van der Waals surface area contributed by atoms with Crippen molar-refractivity contribution in [3.05, 3.63) is 11.6 Å². The monoisotopic (exact) mass is 348 g/mol. The number of allylic oxidation sites excluding steroid dienone is 1. The molecule has 0 spiro atoms. The highest BCUT2D eigenvalue weighted by atomic mass is 35.5. The van der Waals surface area contributed by atoms with Crippen molar-refractivity contribution in [3.8, 4) is 11.3 Å². The van der Waals surface area contributed by atoms with Crippen LogP contribution in [-0.4, -0.2) is 21.9 Å². The molecule has 0 heterocycles. The Hall–Kier alpha value is -0.490. The van der Waals surface area contributed by atoms with Gasteiger partial charge in [-0.3, -0.25) is 0 Å². The molecule has 2 N–H and O–H groups in total. The summed E-state index contributed by atoms with van der Waals surface area (Å²) < 4.78 is 0. The highest BCUT2D eigenvalue weighted by Crippen LogP contribution is 2.67. The third kappa shape index (κ3) is 2.11. The highest BCUT2D eigenvalue weighted by molar-refractivity contribution is 6.30. The van der Waals surface area contributed by atoms with Gasteiger partial charge in [0.1, 0.15) is 5.60 Å². The Kier molecular flexibility index (Phi) is 3.89. The number of aliphatic hydroxyl groups excluding tert-OH is 1. The van der Waals surface area contributed by atoms with Gasteiger partial charge < -0.3 is 10.2 Å². The Bertz CT molecular complexity index is 631. The summed E-state index contributed by atoms with van der Waals surface area (Å²) in [5.74, 6) is 4.81. The van der Waals surface area contributed by atoms with Crippen LogP contribution in [0.3, 0.4) is 0 Å². The van der Waals surface area contributed by atoms with Gasteiger partial charge in [0.05, 0.1) is 6.10 Å². The van der Waals surface area contributed by atoms with Crippen LogP contribution < -0.4 is 0 Å². The van der Waals surface area contributed by atoms with Gasteiger partial charge in [0.15, 0.2) is 0 Å². The van der Waals surface area contributed by atoms with E-state index in [0.29, 0.717) is 17.8 Å². The summed E-state index contributed by atoms with van der Waals surface area (Å²) in [6.07, 6.45) is 10.3. The van der Waals surface area contributed by atoms with Crippen LogP contribution in [0.15, 0.2) is 11.6 Å². The first-order chi connectivity index (χ1) is 11.3. The highest BCUT2D eigenvalue weighted by Gasteiger charge is 2.63. The van der Waals surface area contributed by atoms with Gasteiger partial charge in [-0.05, 0) is 86.1 Å². The van der Waals surface area contributed by atoms with Crippen LogP contribution >= 0.6 is 11.6 Å². The first-order valence-electron chi connectivity index (χ1n) is 9.57. The van der Waals surface area contributed by atoms with Crippen LogP contribution in [0.1, 0.15) is 65.2 Å². The number of halogens is 1. The quantitative estimate of drug-likeness (QED) is 0.507. The Morgan fingerprint density at radius 2 is 1.88 bits per heavy atom. The molecule has 0 bridgehead atoms. The summed E-state index contributed by atoms with van der Waals surface area (Å²) in [6.45, 7) is 4.68. The summed E-state index contributed by atoms with van der Waals surface area (Å²) in [4.78, 5) is 0. The maximum atomic E-state index is 11.2. The lowest BCUT2D eigenvalue weighted by atomic mass is 9.47. The van der Waals surface area contributed by atoms with E-state index in [2.05, 4.69) is 31.2 Å². The van der Waals surface area contributed by atoms with Crippen LogP contribution in [0, 0.1) is 39.9 Å². The lowest BCUT2D eigenvalue weighted by Crippen LogP contribution is -2.54. The van der Waals surface area contributed by atoms with Crippen LogP contribution in [0.25, 0.3) is 0 Å². The number of hydrogen-bond acceptors (Lipinski definition) is 2. The fourth-order valence-electron chi connectivity index (χ4n) is 6.94. The number of hydrogen-bond donors (Lipinski definition) is 2. The Balaban J connectivity index is 1.69. The lowest BCUT2D eigenvalue weighted by molar-refractivity contribution is -0.0970. The zero-order valence-electron chi connectivity index (χ0n) is 14.8. The number of aliphatic hydroxyl groups is 2. The topological polar surface area (TPSA) is 40.5 Å². The molecule has 0 radical (unpaired) electrons. The Labute approximate surface area is 150 Å². The molecule has 0 aromatic carbocycles. The van der Waals surface area contributed by atoms with E-state index in [1.807, 2.05) is 0 Å². The van der Waals surface area contributed by atoms with Crippen LogP contribution in [0.2, 0.25) is 0 Å². The second kappa shape index (κ2) is 5.50. The molecule has 0 unspecified atom stereocenters. The second-order valence-electron chi connectivity index (χ2n) is 9.23. The molecule has 3 saturated carbocycles. The second-order valence-corrected chi connectivity index (χ2v) is 9.42. The fraction of sp³-hybridized carbons (Fsp3) is 0.810. The average Bonchev–Trinajstić information content (AvgIpc) is 2.80. The molecule has 4 aliphatic rings. The van der Waals surface area contributed by atoms with E-state index in [1.165, 1.54) is 5.57 Å². The van der Waals surface area contributed by atoms with E-state index in [0.717, 1.165) is 51.4 Å². The lowest BCUT2D eigenvalue weighted by Gasteiger charge is -2.58. The smallest absolute Gasteiger partial charge is 0.132 e. The average molecular weight is 349 g/mol. The van der Waals surface area contributed by atoms with E-state index in [4.69, 9.17) is 11.6 Å². The molecular formula is C21H29ClO2. The molecule has 2 nitrogen and oxygen atoms in total. The van der Waals surface area contributed by atoms with E-state index in [1.54, 1.807) is 0 Å². The molecule has 7 atom stereocenters. The minimum absolute atomic E-state index is 0.133. The van der Waals surface area contributed by atoms with Crippen LogP contribution in [0.4, 0.5) is 0 Å². The molecule has 0 amide bonds. The van der Waals surface area contributed by atoms with Crippen molar-refractivity contribution < 1.29 is 10.2 Å². The zero-order chi connectivity index (χ0) is 17.2. The maximum absolute atomic E-state index is 11.2. The van der Waals surface area contributed by atoms with Gasteiger partial charge in [0, 0.05) is 10.8 Å². The molecule has 3 heteroatoms. The van der Waals surface area contributed by atoms with Gasteiger partial charge in [-0.25, -0.2) is 0 Å². The van der Waals surface area contributed by atoms with Crippen molar-refractivity contribution in [3.63, 3.8) is 0 Å². The van der Waals surface area contributed by atoms with E-state index < -0.39 is 5.60 Å². The third-order valence-electron chi connectivity index (χ3n) is 8.48. The van der Waals surface area contributed by atoms with Gasteiger partial charge in [-0.2, -0.15) is 0 Å². The summed E-state index contributed by atoms with van der Waals surface area (Å²) >= 11 is 5.67. The Morgan fingerprint density at radius 1 is 1.12 bits per heavy atom. The van der Waals surface area contributed by atoms with Crippen LogP contribution in [-0.2, 0) is 0 Å². The predicted molar refractivity (Wildman–Crippen MR) is 96.3 cm³/mol. The summed E-state index contributed by atoms with van der Waals surface area (Å²) in [5.41, 5.74) is 0.701.